The van der Waals surface area contributed by atoms with Crippen molar-refractivity contribution in [1.82, 2.24) is 4.31 Å². The molecule has 1 aliphatic heterocycles. The lowest BCUT2D eigenvalue weighted by molar-refractivity contribution is -0.138. The lowest BCUT2D eigenvalue weighted by Gasteiger charge is -2.26. The molecule has 0 spiro atoms. The minimum Gasteiger partial charge on any atom is -0.492 e. The minimum absolute atomic E-state index is 0.00311. The van der Waals surface area contributed by atoms with Crippen molar-refractivity contribution in [1.29, 1.82) is 0 Å². The predicted octanol–water partition coefficient (Wildman–Crippen LogP) is 4.90. The number of benzene rings is 2. The number of hydrogen-bond acceptors (Lipinski definition) is 5. The molecule has 0 atom stereocenters. The van der Waals surface area contributed by atoms with Gasteiger partial charge in [0.1, 0.15) is 17.9 Å². The predicted molar refractivity (Wildman–Crippen MR) is 99.5 cm³/mol. The summed E-state index contributed by atoms with van der Waals surface area (Å²) in [6, 6.07) is 8.04. The molecule has 2 aromatic carbocycles. The van der Waals surface area contributed by atoms with Crippen LogP contribution in [0.3, 0.4) is 0 Å². The van der Waals surface area contributed by atoms with Gasteiger partial charge < -0.3 is 14.4 Å². The van der Waals surface area contributed by atoms with Gasteiger partial charge in [-0.05, 0) is 55.4 Å². The fourth-order valence-electron chi connectivity index (χ4n) is 2.86. The van der Waals surface area contributed by atoms with Gasteiger partial charge in [0.15, 0.2) is 0 Å². The van der Waals surface area contributed by atoms with Crippen LogP contribution in [0.15, 0.2) is 41.3 Å². The van der Waals surface area contributed by atoms with Gasteiger partial charge in [-0.2, -0.15) is 13.2 Å². The van der Waals surface area contributed by atoms with Crippen LogP contribution in [0, 0.1) is 5.82 Å². The molecule has 150 valence electrons. The number of fused-ring (bicyclic) bond motifs is 1. The first-order valence-electron chi connectivity index (χ1n) is 8.53. The maximum Gasteiger partial charge on any atom is 0.420 e. The molecule has 3 rings (SSSR count). The Morgan fingerprint density at radius 1 is 1.18 bits per heavy atom. The topological polar surface area (TPSA) is 32.8 Å². The van der Waals surface area contributed by atoms with E-state index in [4.69, 9.17) is 4.74 Å². The van der Waals surface area contributed by atoms with Gasteiger partial charge in [-0.25, -0.2) is 8.70 Å². The minimum atomic E-state index is -4.62. The zero-order valence-electron chi connectivity index (χ0n) is 15.0. The number of ether oxygens (including phenoxy) is 1. The Morgan fingerprint density at radius 3 is 2.54 bits per heavy atom. The molecule has 9 heteroatoms. The van der Waals surface area contributed by atoms with Crippen LogP contribution in [0.5, 0.6) is 5.75 Å². The molecule has 1 aliphatic rings. The van der Waals surface area contributed by atoms with E-state index in [2.05, 4.69) is 0 Å². The molecule has 4 nitrogen and oxygen atoms in total. The first-order chi connectivity index (χ1) is 13.3. The second kappa shape index (κ2) is 8.40. The maximum absolute atomic E-state index is 13.7. The zero-order chi connectivity index (χ0) is 20.3. The molecule has 0 radical (unpaired) electrons. The van der Waals surface area contributed by atoms with Crippen molar-refractivity contribution in [3.63, 3.8) is 0 Å². The van der Waals surface area contributed by atoms with E-state index < -0.39 is 17.6 Å². The molecule has 0 saturated heterocycles. The van der Waals surface area contributed by atoms with Crippen LogP contribution in [0.2, 0.25) is 0 Å². The van der Waals surface area contributed by atoms with E-state index >= 15 is 0 Å². The Balaban J connectivity index is 2.10. The van der Waals surface area contributed by atoms with Gasteiger partial charge in [-0.3, -0.25) is 0 Å². The molecule has 0 aromatic heterocycles. The number of carbonyl (C=O) groups is 1. The third-order valence-electron chi connectivity index (χ3n) is 4.18. The van der Waals surface area contributed by atoms with E-state index in [1.165, 1.54) is 42.3 Å². The summed E-state index contributed by atoms with van der Waals surface area (Å²) in [5.41, 5.74) is 0.0618. The van der Waals surface area contributed by atoms with Crippen LogP contribution in [-0.2, 0) is 11.0 Å². The van der Waals surface area contributed by atoms with Crippen LogP contribution in [0.1, 0.15) is 12.0 Å². The number of halogens is 4. The van der Waals surface area contributed by atoms with Crippen molar-refractivity contribution in [3.05, 3.63) is 47.8 Å². The summed E-state index contributed by atoms with van der Waals surface area (Å²) < 4.78 is 61.4. The molecular weight excluding hydrogens is 396 g/mol. The number of hydrogen-bond donors (Lipinski definition) is 0. The number of alkyl halides is 3. The third-order valence-corrected chi connectivity index (χ3v) is 5.20. The smallest absolute Gasteiger partial charge is 0.420 e. The van der Waals surface area contributed by atoms with Crippen LogP contribution >= 0.6 is 11.9 Å². The van der Waals surface area contributed by atoms with Crippen molar-refractivity contribution in [2.45, 2.75) is 17.5 Å². The third kappa shape index (κ3) is 4.59. The fourth-order valence-corrected chi connectivity index (χ4v) is 3.79. The van der Waals surface area contributed by atoms with E-state index in [0.29, 0.717) is 35.6 Å². The quantitative estimate of drug-likeness (QED) is 0.301. The average molecular weight is 414 g/mol. The molecule has 2 aromatic rings. The highest BCUT2D eigenvalue weighted by Crippen LogP contribution is 2.46. The van der Waals surface area contributed by atoms with Crippen molar-refractivity contribution in [3.8, 4) is 5.75 Å². The lowest BCUT2D eigenvalue weighted by Crippen LogP contribution is -2.24. The van der Waals surface area contributed by atoms with Crippen LogP contribution in [-0.4, -0.2) is 37.3 Å². The number of carbonyl (C=O) groups excluding carboxylic acids is 1. The van der Waals surface area contributed by atoms with E-state index in [0.717, 1.165) is 6.07 Å². The molecular formula is C19H18F4N2O2S. The number of rotatable bonds is 5. The molecule has 0 unspecified atom stereocenters. The monoisotopic (exact) mass is 414 g/mol. The summed E-state index contributed by atoms with van der Waals surface area (Å²) in [5, 5.41) is 0. The van der Waals surface area contributed by atoms with Crippen LogP contribution in [0.4, 0.5) is 28.9 Å². The summed E-state index contributed by atoms with van der Waals surface area (Å²) in [7, 11) is 1.84. The van der Waals surface area contributed by atoms with Crippen molar-refractivity contribution >= 4 is 29.6 Å². The molecule has 0 saturated carbocycles. The first kappa shape index (κ1) is 20.5. The normalized spacial score (nSPS) is 15.1. The van der Waals surface area contributed by atoms with Crippen molar-refractivity contribution in [2.24, 2.45) is 0 Å². The molecule has 28 heavy (non-hydrogen) atoms. The summed E-state index contributed by atoms with van der Waals surface area (Å²) >= 11 is 1.31. The maximum atomic E-state index is 13.7. The summed E-state index contributed by atoms with van der Waals surface area (Å²) in [5.74, 6) is -0.727. The number of anilines is 2. The van der Waals surface area contributed by atoms with Gasteiger partial charge in [0.25, 0.3) is 0 Å². The standard InChI is InChI=1S/C19H18F4N2O2S/c1-24-7-8-25(14-5-3-13(20)4-6-14)16-11-15(19(21,22)23)17(12-18(16)28-24)27-10-2-9-26/h3-6,9,11-12H,2,7-8,10H2,1H3. The van der Waals surface area contributed by atoms with Crippen molar-refractivity contribution < 1.29 is 27.1 Å². The van der Waals surface area contributed by atoms with E-state index in [9.17, 15) is 22.4 Å². The molecule has 0 aliphatic carbocycles. The largest absolute Gasteiger partial charge is 0.492 e. The molecule has 0 amide bonds. The van der Waals surface area contributed by atoms with E-state index in [-0.39, 0.29) is 18.8 Å². The average Bonchev–Trinajstić information content (AvgIpc) is 2.79. The Kier molecular flexibility index (Phi) is 6.14. The highest BCUT2D eigenvalue weighted by atomic mass is 32.2. The number of aldehydes is 1. The fraction of sp³-hybridized carbons (Fsp3) is 0.316. The van der Waals surface area contributed by atoms with Gasteiger partial charge in [-0.1, -0.05) is 0 Å². The van der Waals surface area contributed by atoms with Gasteiger partial charge >= 0.3 is 6.18 Å². The number of likely N-dealkylation sites (N-methyl/N-ethyl adjacent to an activating group) is 1. The SMILES string of the molecule is CN1CCN(c2ccc(F)cc2)c2cc(C(F)(F)F)c(OCCC=O)cc2S1. The molecule has 0 bridgehead atoms. The molecule has 0 fully saturated rings. The first-order valence-corrected chi connectivity index (χ1v) is 9.31. The summed E-state index contributed by atoms with van der Waals surface area (Å²) in [6.45, 7) is 0.887. The summed E-state index contributed by atoms with van der Waals surface area (Å²) in [4.78, 5) is 12.8. The molecule has 0 N–H and O–H groups in total. The Bertz CT molecular complexity index is 843. The zero-order valence-corrected chi connectivity index (χ0v) is 15.8. The van der Waals surface area contributed by atoms with Crippen LogP contribution in [0.25, 0.3) is 0 Å². The highest BCUT2D eigenvalue weighted by molar-refractivity contribution is 7.97. The number of nitrogens with zero attached hydrogens (tertiary/aromatic N) is 2. The lowest BCUT2D eigenvalue weighted by atomic mass is 10.1. The Hall–Kier alpha value is -2.26. The second-order valence-corrected chi connectivity index (χ2v) is 7.43. The summed E-state index contributed by atoms with van der Waals surface area (Å²) in [6.07, 6.45) is -4.03. The van der Waals surface area contributed by atoms with Gasteiger partial charge in [0.2, 0.25) is 0 Å². The molecule has 1 heterocycles. The van der Waals surface area contributed by atoms with E-state index in [1.54, 1.807) is 4.90 Å². The van der Waals surface area contributed by atoms with Crippen molar-refractivity contribution in [2.75, 3.05) is 31.6 Å². The second-order valence-electron chi connectivity index (χ2n) is 6.19. The van der Waals surface area contributed by atoms with Gasteiger partial charge in [-0.15, -0.1) is 0 Å². The highest BCUT2D eigenvalue weighted by Gasteiger charge is 2.37. The van der Waals surface area contributed by atoms with Gasteiger partial charge in [0.05, 0.1) is 22.8 Å². The Labute approximate surface area is 164 Å². The van der Waals surface area contributed by atoms with Crippen LogP contribution < -0.4 is 9.64 Å². The van der Waals surface area contributed by atoms with Gasteiger partial charge in [0, 0.05) is 25.2 Å². The van der Waals surface area contributed by atoms with E-state index in [1.807, 2.05) is 11.4 Å². The Morgan fingerprint density at radius 2 is 1.89 bits per heavy atom.